The van der Waals surface area contributed by atoms with Crippen molar-refractivity contribution in [1.82, 2.24) is 10.3 Å². The van der Waals surface area contributed by atoms with E-state index in [4.69, 9.17) is 4.42 Å². The number of hydrogen-bond acceptors (Lipinski definition) is 5. The third-order valence-electron chi connectivity index (χ3n) is 3.30. The van der Waals surface area contributed by atoms with Crippen LogP contribution >= 0.6 is 0 Å². The molecule has 2 rings (SSSR count). The lowest BCUT2D eigenvalue weighted by Gasteiger charge is -2.19. The van der Waals surface area contributed by atoms with Gasteiger partial charge in [-0.3, -0.25) is 0 Å². The largest absolute Gasteiger partial charge is 0.443 e. The summed E-state index contributed by atoms with van der Waals surface area (Å²) in [6.45, 7) is 5.69. The maximum atomic E-state index is 12.0. The smallest absolute Gasteiger partial charge is 0.208 e. The van der Waals surface area contributed by atoms with Gasteiger partial charge >= 0.3 is 0 Å². The van der Waals surface area contributed by atoms with Crippen LogP contribution in [0.4, 0.5) is 0 Å². The Labute approximate surface area is 114 Å². The fourth-order valence-electron chi connectivity index (χ4n) is 2.30. The van der Waals surface area contributed by atoms with Gasteiger partial charge in [0.15, 0.2) is 9.84 Å². The predicted molar refractivity (Wildman–Crippen MR) is 73.4 cm³/mol. The molecular formula is C13H22N2O3S. The van der Waals surface area contributed by atoms with Crippen LogP contribution < -0.4 is 5.32 Å². The van der Waals surface area contributed by atoms with Gasteiger partial charge in [-0.25, -0.2) is 13.4 Å². The highest BCUT2D eigenvalue weighted by molar-refractivity contribution is 7.91. The fraction of sp³-hybridized carbons (Fsp3) is 0.769. The first-order valence-electron chi connectivity index (χ1n) is 6.86. The van der Waals surface area contributed by atoms with Crippen LogP contribution in [0.2, 0.25) is 0 Å². The third-order valence-corrected chi connectivity index (χ3v) is 5.49. The van der Waals surface area contributed by atoms with E-state index < -0.39 is 15.1 Å². The van der Waals surface area contributed by atoms with Gasteiger partial charge in [0.05, 0.1) is 18.5 Å². The van der Waals surface area contributed by atoms with Crippen molar-refractivity contribution in [3.8, 4) is 0 Å². The van der Waals surface area contributed by atoms with Crippen LogP contribution in [0.25, 0.3) is 0 Å². The van der Waals surface area contributed by atoms with Crippen LogP contribution in [0.1, 0.15) is 50.0 Å². The molecule has 1 aromatic rings. The van der Waals surface area contributed by atoms with Gasteiger partial charge in [-0.1, -0.05) is 20.3 Å². The van der Waals surface area contributed by atoms with Gasteiger partial charge in [0, 0.05) is 0 Å². The van der Waals surface area contributed by atoms with E-state index in [1.165, 1.54) is 0 Å². The van der Waals surface area contributed by atoms with Crippen molar-refractivity contribution in [2.75, 3.05) is 12.3 Å². The van der Waals surface area contributed by atoms with E-state index in [1.807, 2.05) is 0 Å². The Morgan fingerprint density at radius 1 is 1.47 bits per heavy atom. The number of oxazole rings is 1. The second-order valence-electron chi connectivity index (χ2n) is 5.53. The number of nitrogens with zero attached hydrogens (tertiary/aromatic N) is 1. The van der Waals surface area contributed by atoms with E-state index in [1.54, 1.807) is 6.20 Å². The van der Waals surface area contributed by atoms with Crippen molar-refractivity contribution in [2.45, 2.75) is 44.9 Å². The van der Waals surface area contributed by atoms with E-state index in [9.17, 15) is 8.42 Å². The second kappa shape index (κ2) is 6.05. The Hall–Kier alpha value is -0.880. The molecule has 1 saturated heterocycles. The molecule has 19 heavy (non-hydrogen) atoms. The van der Waals surface area contributed by atoms with Crippen molar-refractivity contribution in [2.24, 2.45) is 5.92 Å². The van der Waals surface area contributed by atoms with Gasteiger partial charge in [-0.15, -0.1) is 0 Å². The molecule has 0 aliphatic carbocycles. The lowest BCUT2D eigenvalue weighted by Crippen LogP contribution is -2.21. The van der Waals surface area contributed by atoms with Crippen molar-refractivity contribution in [3.05, 3.63) is 17.8 Å². The van der Waals surface area contributed by atoms with E-state index >= 15 is 0 Å². The summed E-state index contributed by atoms with van der Waals surface area (Å²) in [5.41, 5.74) is 0. The number of sulfone groups is 1. The fourth-order valence-corrected chi connectivity index (χ4v) is 4.18. The van der Waals surface area contributed by atoms with Gasteiger partial charge in [0.2, 0.25) is 5.89 Å². The quantitative estimate of drug-likeness (QED) is 0.897. The number of nitrogens with one attached hydrogen (secondary N) is 1. The average molecular weight is 286 g/mol. The van der Waals surface area contributed by atoms with Crippen LogP contribution in [0.15, 0.2) is 10.6 Å². The summed E-state index contributed by atoms with van der Waals surface area (Å²) in [5, 5.41) is 2.74. The number of aromatic nitrogens is 1. The normalized spacial score (nSPS) is 22.8. The van der Waals surface area contributed by atoms with E-state index in [-0.39, 0.29) is 5.75 Å². The van der Waals surface area contributed by atoms with Crippen LogP contribution in [-0.4, -0.2) is 25.7 Å². The highest BCUT2D eigenvalue weighted by Crippen LogP contribution is 2.33. The van der Waals surface area contributed by atoms with Gasteiger partial charge in [-0.2, -0.15) is 0 Å². The molecule has 1 aromatic heterocycles. The number of rotatable bonds is 5. The molecule has 0 spiro atoms. The molecule has 2 heterocycles. The molecule has 6 heteroatoms. The highest BCUT2D eigenvalue weighted by atomic mass is 32.2. The Balaban J connectivity index is 2.00. The monoisotopic (exact) mass is 286 g/mol. The molecule has 0 amide bonds. The van der Waals surface area contributed by atoms with Crippen LogP contribution in [0, 0.1) is 5.92 Å². The summed E-state index contributed by atoms with van der Waals surface area (Å²) >= 11 is 0. The summed E-state index contributed by atoms with van der Waals surface area (Å²) in [7, 11) is -3.05. The van der Waals surface area contributed by atoms with Crippen molar-refractivity contribution >= 4 is 9.84 Å². The molecule has 1 fully saturated rings. The predicted octanol–water partition coefficient (Wildman–Crippen LogP) is 2.06. The highest BCUT2D eigenvalue weighted by Gasteiger charge is 2.33. The summed E-state index contributed by atoms with van der Waals surface area (Å²) in [6.07, 6.45) is 3.91. The maximum Gasteiger partial charge on any atom is 0.208 e. The topological polar surface area (TPSA) is 72.2 Å². The molecule has 1 unspecified atom stereocenters. The van der Waals surface area contributed by atoms with Gasteiger partial charge in [-0.05, 0) is 25.3 Å². The minimum absolute atomic E-state index is 0.263. The Morgan fingerprint density at radius 2 is 2.26 bits per heavy atom. The van der Waals surface area contributed by atoms with Crippen LogP contribution in [0.5, 0.6) is 0 Å². The molecule has 0 saturated carbocycles. The Kier molecular flexibility index (Phi) is 4.62. The molecule has 1 aliphatic heterocycles. The number of hydrogen-bond donors (Lipinski definition) is 1. The van der Waals surface area contributed by atoms with Crippen molar-refractivity contribution < 1.29 is 12.8 Å². The van der Waals surface area contributed by atoms with E-state index in [0.717, 1.165) is 19.4 Å². The zero-order valence-electron chi connectivity index (χ0n) is 11.6. The lowest BCUT2D eigenvalue weighted by molar-refractivity contribution is 0.410. The summed E-state index contributed by atoms with van der Waals surface area (Å²) in [4.78, 5) is 4.16. The Morgan fingerprint density at radius 3 is 2.95 bits per heavy atom. The van der Waals surface area contributed by atoms with Crippen molar-refractivity contribution in [1.29, 1.82) is 0 Å². The molecule has 1 aliphatic rings. The zero-order valence-corrected chi connectivity index (χ0v) is 12.4. The van der Waals surface area contributed by atoms with Crippen molar-refractivity contribution in [3.63, 3.8) is 0 Å². The molecule has 108 valence electrons. The minimum atomic E-state index is -3.05. The van der Waals surface area contributed by atoms with Crippen LogP contribution in [0.3, 0.4) is 0 Å². The molecule has 5 nitrogen and oxygen atoms in total. The summed E-state index contributed by atoms with van der Waals surface area (Å²) in [6, 6.07) is 0. The molecule has 1 N–H and O–H groups in total. The Bertz CT molecular complexity index is 508. The second-order valence-corrected chi connectivity index (χ2v) is 7.84. The first kappa shape index (κ1) is 14.5. The molecular weight excluding hydrogens is 264 g/mol. The van der Waals surface area contributed by atoms with Crippen LogP contribution in [-0.2, 0) is 16.4 Å². The third kappa shape index (κ3) is 3.79. The van der Waals surface area contributed by atoms with Gasteiger partial charge in [0.25, 0.3) is 0 Å². The minimum Gasteiger partial charge on any atom is -0.443 e. The van der Waals surface area contributed by atoms with E-state index in [2.05, 4.69) is 24.1 Å². The molecule has 1 atom stereocenters. The average Bonchev–Trinajstić information content (AvgIpc) is 2.76. The van der Waals surface area contributed by atoms with Gasteiger partial charge < -0.3 is 9.73 Å². The van der Waals surface area contributed by atoms with Gasteiger partial charge in [0.1, 0.15) is 11.0 Å². The first-order valence-corrected chi connectivity index (χ1v) is 8.57. The molecule has 0 radical (unpaired) electrons. The molecule has 0 bridgehead atoms. The first-order chi connectivity index (χ1) is 8.99. The summed E-state index contributed by atoms with van der Waals surface area (Å²) in [5.74, 6) is 1.89. The lowest BCUT2D eigenvalue weighted by atomic mass is 10.1. The SMILES string of the molecule is CC(C)CNCc1ncc(C2CCCCS2(=O)=O)o1. The zero-order chi connectivity index (χ0) is 13.9. The standard InChI is InChI=1S/C13H22N2O3S/c1-10(2)7-14-9-13-15-8-11(18-13)12-5-3-4-6-19(12,16)17/h8,10,12,14H,3-7,9H2,1-2H3. The molecule has 0 aromatic carbocycles. The van der Waals surface area contributed by atoms with E-state index in [0.29, 0.717) is 30.5 Å². The maximum absolute atomic E-state index is 12.0. The summed E-state index contributed by atoms with van der Waals surface area (Å²) < 4.78 is 29.6.